The molecule has 0 radical (unpaired) electrons. The summed E-state index contributed by atoms with van der Waals surface area (Å²) in [5, 5.41) is 0. The van der Waals surface area contributed by atoms with Crippen LogP contribution in [0.1, 0.15) is 36.5 Å². The number of rotatable bonds is 6. The minimum absolute atomic E-state index is 0.491. The zero-order chi connectivity index (χ0) is 18.6. The summed E-state index contributed by atoms with van der Waals surface area (Å²) in [4.78, 5) is 0. The number of fused-ring (bicyclic) bond motifs is 1. The summed E-state index contributed by atoms with van der Waals surface area (Å²) >= 11 is 0. The van der Waals surface area contributed by atoms with Crippen molar-refractivity contribution in [2.45, 2.75) is 38.8 Å². The van der Waals surface area contributed by atoms with Crippen molar-refractivity contribution in [2.24, 2.45) is 5.92 Å². The molecule has 5 heteroatoms. The second-order valence-corrected chi connectivity index (χ2v) is 6.86. The van der Waals surface area contributed by atoms with E-state index < -0.39 is 11.7 Å². The highest BCUT2D eigenvalue weighted by molar-refractivity contribution is 5.43. The van der Waals surface area contributed by atoms with Gasteiger partial charge in [0.05, 0.1) is 5.56 Å². The third-order valence-corrected chi connectivity index (χ3v) is 4.74. The molecule has 1 atom stereocenters. The predicted octanol–water partition coefficient (Wildman–Crippen LogP) is 5.68. The molecule has 2 aromatic rings. The van der Waals surface area contributed by atoms with Crippen LogP contribution in [0.2, 0.25) is 0 Å². The van der Waals surface area contributed by atoms with Crippen molar-refractivity contribution >= 4 is 0 Å². The maximum atomic E-state index is 12.6. The largest absolute Gasteiger partial charge is 0.486 e. The topological polar surface area (TPSA) is 18.5 Å². The fourth-order valence-electron chi connectivity index (χ4n) is 3.07. The van der Waals surface area contributed by atoms with Gasteiger partial charge >= 0.3 is 6.18 Å². The molecule has 0 aromatic heterocycles. The molecule has 0 saturated heterocycles. The highest BCUT2D eigenvalue weighted by Crippen LogP contribution is 2.32. The monoisotopic (exact) mass is 364 g/mol. The highest BCUT2D eigenvalue weighted by Gasteiger charge is 2.29. The third-order valence-electron chi connectivity index (χ3n) is 4.74. The zero-order valence-electron chi connectivity index (χ0n) is 14.8. The fourth-order valence-corrected chi connectivity index (χ4v) is 3.07. The van der Waals surface area contributed by atoms with Gasteiger partial charge in [0.1, 0.15) is 13.2 Å². The van der Waals surface area contributed by atoms with Crippen LogP contribution in [-0.4, -0.2) is 13.2 Å². The van der Waals surface area contributed by atoms with Crippen LogP contribution < -0.4 is 9.47 Å². The summed E-state index contributed by atoms with van der Waals surface area (Å²) < 4.78 is 48.9. The number of hydrogen-bond acceptors (Lipinski definition) is 2. The van der Waals surface area contributed by atoms with Crippen molar-refractivity contribution in [3.63, 3.8) is 0 Å². The van der Waals surface area contributed by atoms with E-state index in [0.717, 1.165) is 54.9 Å². The first kappa shape index (κ1) is 18.6. The molecule has 0 aliphatic carbocycles. The molecular formula is C21H23F3O2. The van der Waals surface area contributed by atoms with E-state index in [1.165, 1.54) is 5.56 Å². The Morgan fingerprint density at radius 2 is 1.42 bits per heavy atom. The van der Waals surface area contributed by atoms with Crippen LogP contribution in [0, 0.1) is 5.92 Å². The van der Waals surface area contributed by atoms with Gasteiger partial charge in [0.15, 0.2) is 11.5 Å². The molecule has 3 rings (SSSR count). The molecule has 140 valence electrons. The molecule has 26 heavy (non-hydrogen) atoms. The lowest BCUT2D eigenvalue weighted by atomic mass is 9.94. The van der Waals surface area contributed by atoms with E-state index in [4.69, 9.17) is 9.47 Å². The molecule has 1 heterocycles. The number of benzene rings is 2. The SMILES string of the molecule is CC(CCc1ccc(C(F)(F)F)cc1)CCc1ccc2c(c1)OCCO2. The van der Waals surface area contributed by atoms with Gasteiger partial charge in [0.25, 0.3) is 0 Å². The van der Waals surface area contributed by atoms with Crippen LogP contribution in [0.15, 0.2) is 42.5 Å². The molecule has 0 amide bonds. The average molecular weight is 364 g/mol. The first-order valence-electron chi connectivity index (χ1n) is 8.96. The van der Waals surface area contributed by atoms with Crippen LogP contribution in [0.25, 0.3) is 0 Å². The van der Waals surface area contributed by atoms with Crippen LogP contribution in [-0.2, 0) is 19.0 Å². The maximum Gasteiger partial charge on any atom is 0.416 e. The Morgan fingerprint density at radius 3 is 2.08 bits per heavy atom. The summed E-state index contributed by atoms with van der Waals surface area (Å²) in [5.41, 5.74) is 1.58. The summed E-state index contributed by atoms with van der Waals surface area (Å²) in [7, 11) is 0. The van der Waals surface area contributed by atoms with E-state index in [9.17, 15) is 13.2 Å². The first-order chi connectivity index (χ1) is 12.4. The van der Waals surface area contributed by atoms with Crippen molar-refractivity contribution in [2.75, 3.05) is 13.2 Å². The minimum Gasteiger partial charge on any atom is -0.486 e. The Balaban J connectivity index is 1.46. The van der Waals surface area contributed by atoms with Gasteiger partial charge in [-0.3, -0.25) is 0 Å². The van der Waals surface area contributed by atoms with Crippen molar-refractivity contribution in [1.82, 2.24) is 0 Å². The van der Waals surface area contributed by atoms with E-state index in [-0.39, 0.29) is 0 Å². The van der Waals surface area contributed by atoms with E-state index in [1.807, 2.05) is 12.1 Å². The Kier molecular flexibility index (Phi) is 5.74. The number of hydrogen-bond donors (Lipinski definition) is 0. The Bertz CT molecular complexity index is 723. The van der Waals surface area contributed by atoms with Gasteiger partial charge in [-0.1, -0.05) is 25.1 Å². The maximum absolute atomic E-state index is 12.6. The summed E-state index contributed by atoms with van der Waals surface area (Å²) in [6.07, 6.45) is -0.545. The van der Waals surface area contributed by atoms with Gasteiger partial charge in [-0.15, -0.1) is 0 Å². The van der Waals surface area contributed by atoms with Gasteiger partial charge in [-0.25, -0.2) is 0 Å². The first-order valence-corrected chi connectivity index (χ1v) is 8.96. The number of alkyl halides is 3. The predicted molar refractivity (Wildman–Crippen MR) is 94.7 cm³/mol. The smallest absolute Gasteiger partial charge is 0.416 e. The third kappa shape index (κ3) is 4.93. The number of aryl methyl sites for hydroxylation is 2. The summed E-state index contributed by atoms with van der Waals surface area (Å²) in [5.74, 6) is 2.10. The Morgan fingerprint density at radius 1 is 0.846 bits per heavy atom. The van der Waals surface area contributed by atoms with Gasteiger partial charge < -0.3 is 9.47 Å². The second-order valence-electron chi connectivity index (χ2n) is 6.86. The molecule has 1 unspecified atom stereocenters. The lowest BCUT2D eigenvalue weighted by Gasteiger charge is -2.19. The van der Waals surface area contributed by atoms with Crippen LogP contribution in [0.3, 0.4) is 0 Å². The molecular weight excluding hydrogens is 341 g/mol. The molecule has 1 aliphatic rings. The highest BCUT2D eigenvalue weighted by atomic mass is 19.4. The fraction of sp³-hybridized carbons (Fsp3) is 0.429. The second kappa shape index (κ2) is 8.02. The quantitative estimate of drug-likeness (QED) is 0.657. The number of ether oxygens (including phenoxy) is 2. The van der Waals surface area contributed by atoms with Crippen LogP contribution >= 0.6 is 0 Å². The normalized spacial score (nSPS) is 14.9. The molecule has 0 bridgehead atoms. The molecule has 0 N–H and O–H groups in total. The van der Waals surface area contributed by atoms with E-state index in [1.54, 1.807) is 12.1 Å². The number of halogens is 3. The molecule has 0 saturated carbocycles. The van der Waals surface area contributed by atoms with Crippen LogP contribution in [0.4, 0.5) is 13.2 Å². The Labute approximate surface area is 151 Å². The van der Waals surface area contributed by atoms with E-state index in [2.05, 4.69) is 13.0 Å². The van der Waals surface area contributed by atoms with Gasteiger partial charge in [-0.2, -0.15) is 13.2 Å². The lowest BCUT2D eigenvalue weighted by molar-refractivity contribution is -0.137. The molecule has 1 aliphatic heterocycles. The van der Waals surface area contributed by atoms with Gasteiger partial charge in [-0.05, 0) is 67.0 Å². The minimum atomic E-state index is -4.27. The van der Waals surface area contributed by atoms with E-state index >= 15 is 0 Å². The van der Waals surface area contributed by atoms with Crippen molar-refractivity contribution < 1.29 is 22.6 Å². The standard InChI is InChI=1S/C21H23F3O2/c1-15(2-4-16-6-9-18(10-7-16)21(22,23)24)3-5-17-8-11-19-20(14-17)26-13-12-25-19/h6-11,14-15H,2-5,12-13H2,1H3. The zero-order valence-corrected chi connectivity index (χ0v) is 14.8. The van der Waals surface area contributed by atoms with Crippen molar-refractivity contribution in [3.8, 4) is 11.5 Å². The summed E-state index contributed by atoms with van der Waals surface area (Å²) in [6.45, 7) is 3.36. The molecule has 2 nitrogen and oxygen atoms in total. The summed E-state index contributed by atoms with van der Waals surface area (Å²) in [6, 6.07) is 11.5. The Hall–Kier alpha value is -2.17. The van der Waals surface area contributed by atoms with Gasteiger partial charge in [0, 0.05) is 0 Å². The van der Waals surface area contributed by atoms with Crippen LogP contribution in [0.5, 0.6) is 11.5 Å². The lowest BCUT2D eigenvalue weighted by Crippen LogP contribution is -2.15. The van der Waals surface area contributed by atoms with Crippen molar-refractivity contribution in [1.29, 1.82) is 0 Å². The molecule has 0 fully saturated rings. The van der Waals surface area contributed by atoms with Crippen molar-refractivity contribution in [3.05, 3.63) is 59.2 Å². The molecule has 0 spiro atoms. The van der Waals surface area contributed by atoms with E-state index in [0.29, 0.717) is 19.1 Å². The molecule has 2 aromatic carbocycles. The van der Waals surface area contributed by atoms with Gasteiger partial charge in [0.2, 0.25) is 0 Å². The average Bonchev–Trinajstić information content (AvgIpc) is 2.64.